The van der Waals surface area contributed by atoms with Gasteiger partial charge in [-0.05, 0) is 31.5 Å². The molecule has 0 radical (unpaired) electrons. The Labute approximate surface area is 151 Å². The Hall–Kier alpha value is -2.66. The van der Waals surface area contributed by atoms with Crippen LogP contribution in [-0.4, -0.2) is 11.0 Å². The van der Waals surface area contributed by atoms with Crippen LogP contribution in [0.1, 0.15) is 32.2 Å². The Morgan fingerprint density at radius 3 is 2.60 bits per heavy atom. The second kappa shape index (κ2) is 7.94. The van der Waals surface area contributed by atoms with Gasteiger partial charge in [0.1, 0.15) is 24.0 Å². The molecule has 0 fully saturated rings. The van der Waals surface area contributed by atoms with E-state index in [1.54, 1.807) is 5.38 Å². The van der Waals surface area contributed by atoms with E-state index < -0.39 is 5.97 Å². The summed E-state index contributed by atoms with van der Waals surface area (Å²) in [7, 11) is 0. The van der Waals surface area contributed by atoms with Crippen molar-refractivity contribution in [3.63, 3.8) is 0 Å². The summed E-state index contributed by atoms with van der Waals surface area (Å²) in [5.74, 6) is 0.365. The summed E-state index contributed by atoms with van der Waals surface area (Å²) in [6.07, 6.45) is 0. The van der Waals surface area contributed by atoms with Crippen LogP contribution in [0.5, 0.6) is 5.75 Å². The molecule has 1 aromatic heterocycles. The maximum atomic E-state index is 12.1. The first-order valence-electron chi connectivity index (χ1n) is 7.97. The number of benzene rings is 2. The van der Waals surface area contributed by atoms with Crippen molar-refractivity contribution in [3.05, 3.63) is 81.3 Å². The molecule has 0 spiro atoms. The molecule has 5 heteroatoms. The number of ether oxygens (including phenoxy) is 2. The number of esters is 1. The quantitative estimate of drug-likeness (QED) is 0.603. The van der Waals surface area contributed by atoms with Gasteiger partial charge in [-0.3, -0.25) is 0 Å². The molecule has 2 aromatic carbocycles. The van der Waals surface area contributed by atoms with Crippen molar-refractivity contribution in [3.8, 4) is 5.75 Å². The highest BCUT2D eigenvalue weighted by molar-refractivity contribution is 7.09. The smallest absolute Gasteiger partial charge is 0.358 e. The van der Waals surface area contributed by atoms with Gasteiger partial charge in [0, 0.05) is 5.38 Å². The topological polar surface area (TPSA) is 48.4 Å². The fraction of sp³-hybridized carbons (Fsp3) is 0.200. The van der Waals surface area contributed by atoms with Crippen LogP contribution in [0.2, 0.25) is 0 Å². The summed E-state index contributed by atoms with van der Waals surface area (Å²) in [6.45, 7) is 4.61. The monoisotopic (exact) mass is 353 g/mol. The molecule has 0 unspecified atom stereocenters. The Morgan fingerprint density at radius 2 is 1.84 bits per heavy atom. The normalized spacial score (nSPS) is 10.5. The highest BCUT2D eigenvalue weighted by atomic mass is 32.1. The molecule has 3 rings (SSSR count). The number of thiazole rings is 1. The maximum absolute atomic E-state index is 12.1. The van der Waals surface area contributed by atoms with Crippen molar-refractivity contribution >= 4 is 17.3 Å². The van der Waals surface area contributed by atoms with Crippen LogP contribution in [0.3, 0.4) is 0 Å². The summed E-state index contributed by atoms with van der Waals surface area (Å²) < 4.78 is 11.0. The molecule has 3 aromatic rings. The van der Waals surface area contributed by atoms with E-state index in [2.05, 4.69) is 4.98 Å². The van der Waals surface area contributed by atoms with E-state index in [1.165, 1.54) is 16.9 Å². The lowest BCUT2D eigenvalue weighted by molar-refractivity contribution is 0.0466. The summed E-state index contributed by atoms with van der Waals surface area (Å²) >= 11 is 1.39. The number of hydrogen-bond donors (Lipinski definition) is 0. The number of carbonyl (C=O) groups excluding carboxylic acids is 1. The van der Waals surface area contributed by atoms with Crippen molar-refractivity contribution in [1.29, 1.82) is 0 Å². The molecule has 0 N–H and O–H groups in total. The Bertz CT molecular complexity index is 855. The van der Waals surface area contributed by atoms with Crippen LogP contribution in [0.4, 0.5) is 0 Å². The summed E-state index contributed by atoms with van der Waals surface area (Å²) in [4.78, 5) is 16.4. The first-order chi connectivity index (χ1) is 12.1. The van der Waals surface area contributed by atoms with E-state index in [-0.39, 0.29) is 6.61 Å². The number of carbonyl (C=O) groups is 1. The summed E-state index contributed by atoms with van der Waals surface area (Å²) in [5.41, 5.74) is 3.60. The van der Waals surface area contributed by atoms with Gasteiger partial charge >= 0.3 is 5.97 Å². The fourth-order valence-corrected chi connectivity index (χ4v) is 2.95. The molecule has 0 aliphatic carbocycles. The van der Waals surface area contributed by atoms with Gasteiger partial charge in [0.15, 0.2) is 5.69 Å². The molecule has 0 saturated carbocycles. The number of hydrogen-bond acceptors (Lipinski definition) is 5. The van der Waals surface area contributed by atoms with Gasteiger partial charge in [-0.25, -0.2) is 9.78 Å². The molecule has 25 heavy (non-hydrogen) atoms. The average Bonchev–Trinajstić information content (AvgIpc) is 3.08. The van der Waals surface area contributed by atoms with Crippen LogP contribution < -0.4 is 4.74 Å². The Morgan fingerprint density at radius 1 is 1.04 bits per heavy atom. The molecule has 0 saturated heterocycles. The lowest BCUT2D eigenvalue weighted by atomic mass is 10.1. The highest BCUT2D eigenvalue weighted by Crippen LogP contribution is 2.17. The Kier molecular flexibility index (Phi) is 5.46. The van der Waals surface area contributed by atoms with Crippen LogP contribution in [0, 0.1) is 13.8 Å². The first-order valence-corrected chi connectivity index (χ1v) is 8.84. The van der Waals surface area contributed by atoms with Gasteiger partial charge in [0.25, 0.3) is 0 Å². The van der Waals surface area contributed by atoms with Crippen LogP contribution in [-0.2, 0) is 18.0 Å². The SMILES string of the molecule is Cc1ccc(OCc2nc(C(=O)OCc3cccc(C)c3)cs2)cc1. The first kappa shape index (κ1) is 17.2. The van der Waals surface area contributed by atoms with E-state index >= 15 is 0 Å². The molecular weight excluding hydrogens is 334 g/mol. The molecular formula is C20H19NO3S. The van der Waals surface area contributed by atoms with Crippen LogP contribution >= 0.6 is 11.3 Å². The molecule has 0 bridgehead atoms. The van der Waals surface area contributed by atoms with Gasteiger partial charge in [0.05, 0.1) is 0 Å². The Balaban J connectivity index is 1.53. The second-order valence-electron chi connectivity index (χ2n) is 5.79. The van der Waals surface area contributed by atoms with Gasteiger partial charge in [-0.15, -0.1) is 11.3 Å². The minimum absolute atomic E-state index is 0.243. The van der Waals surface area contributed by atoms with E-state index in [0.717, 1.165) is 21.9 Å². The standard InChI is InChI=1S/C20H19NO3S/c1-14-6-8-17(9-7-14)23-12-19-21-18(13-25-19)20(22)24-11-16-5-3-4-15(2)10-16/h3-10,13H,11-12H2,1-2H3. The van der Waals surface area contributed by atoms with E-state index in [9.17, 15) is 4.79 Å². The number of aryl methyl sites for hydroxylation is 2. The molecule has 128 valence electrons. The van der Waals surface area contributed by atoms with Gasteiger partial charge in [0.2, 0.25) is 0 Å². The van der Waals surface area contributed by atoms with Crippen molar-refractivity contribution in [1.82, 2.24) is 4.98 Å². The zero-order valence-electron chi connectivity index (χ0n) is 14.2. The maximum Gasteiger partial charge on any atom is 0.358 e. The van der Waals surface area contributed by atoms with Crippen molar-refractivity contribution in [2.75, 3.05) is 0 Å². The number of nitrogens with zero attached hydrogens (tertiary/aromatic N) is 1. The molecule has 1 heterocycles. The summed E-state index contributed by atoms with van der Waals surface area (Å²) in [6, 6.07) is 15.7. The lowest BCUT2D eigenvalue weighted by Gasteiger charge is -2.04. The van der Waals surface area contributed by atoms with Gasteiger partial charge < -0.3 is 9.47 Å². The number of aromatic nitrogens is 1. The second-order valence-corrected chi connectivity index (χ2v) is 6.74. The van der Waals surface area contributed by atoms with E-state index in [4.69, 9.17) is 9.47 Å². The molecule has 0 aliphatic heterocycles. The predicted molar refractivity (Wildman–Crippen MR) is 97.9 cm³/mol. The lowest BCUT2D eigenvalue weighted by Crippen LogP contribution is -2.06. The van der Waals surface area contributed by atoms with Gasteiger partial charge in [-0.2, -0.15) is 0 Å². The van der Waals surface area contributed by atoms with Crippen molar-refractivity contribution in [2.24, 2.45) is 0 Å². The molecule has 0 aliphatic rings. The van der Waals surface area contributed by atoms with Gasteiger partial charge in [-0.1, -0.05) is 47.5 Å². The molecule has 0 amide bonds. The largest absolute Gasteiger partial charge is 0.486 e. The summed E-state index contributed by atoms with van der Waals surface area (Å²) in [5, 5.41) is 2.44. The van der Waals surface area contributed by atoms with E-state index in [0.29, 0.717) is 12.3 Å². The third-order valence-corrected chi connectivity index (χ3v) is 4.42. The minimum Gasteiger partial charge on any atom is -0.486 e. The van der Waals surface area contributed by atoms with E-state index in [1.807, 2.05) is 62.4 Å². The predicted octanol–water partition coefficient (Wildman–Crippen LogP) is 4.70. The van der Waals surface area contributed by atoms with Crippen LogP contribution in [0.25, 0.3) is 0 Å². The van der Waals surface area contributed by atoms with Crippen molar-refractivity contribution in [2.45, 2.75) is 27.1 Å². The zero-order valence-corrected chi connectivity index (χ0v) is 15.0. The third-order valence-electron chi connectivity index (χ3n) is 3.60. The highest BCUT2D eigenvalue weighted by Gasteiger charge is 2.13. The fourth-order valence-electron chi connectivity index (χ4n) is 2.28. The van der Waals surface area contributed by atoms with Crippen LogP contribution in [0.15, 0.2) is 53.9 Å². The third kappa shape index (κ3) is 4.90. The van der Waals surface area contributed by atoms with Crippen molar-refractivity contribution < 1.29 is 14.3 Å². The average molecular weight is 353 g/mol. The molecule has 4 nitrogen and oxygen atoms in total. The minimum atomic E-state index is -0.417. The molecule has 0 atom stereocenters. The number of rotatable bonds is 6. The zero-order chi connectivity index (χ0) is 17.6.